The van der Waals surface area contributed by atoms with Crippen LogP contribution in [0, 0.1) is 0 Å². The molecular weight excluding hydrogens is 290 g/mol. The number of hydrogen-bond acceptors (Lipinski definition) is 5. The standard InChI is InChI=1S/C17H15N5O/c1-23-15-9-7-14(8-10-15)21-11-16-17(13-5-3-2-4-6-13)19-20-22(16)18-12-21/h2-10,12H,11H2,1H3. The van der Waals surface area contributed by atoms with Gasteiger partial charge in [-0.3, -0.25) is 0 Å². The average molecular weight is 305 g/mol. The lowest BCUT2D eigenvalue weighted by Crippen LogP contribution is -2.27. The second-order valence-electron chi connectivity index (χ2n) is 5.20. The monoisotopic (exact) mass is 305 g/mol. The summed E-state index contributed by atoms with van der Waals surface area (Å²) >= 11 is 0. The van der Waals surface area contributed by atoms with Gasteiger partial charge in [0, 0.05) is 11.3 Å². The highest BCUT2D eigenvalue weighted by Crippen LogP contribution is 2.26. The Balaban J connectivity index is 1.67. The first-order valence-electron chi connectivity index (χ1n) is 7.30. The summed E-state index contributed by atoms with van der Waals surface area (Å²) in [4.78, 5) is 3.65. The molecule has 1 aromatic heterocycles. The van der Waals surface area contributed by atoms with E-state index >= 15 is 0 Å². The van der Waals surface area contributed by atoms with Gasteiger partial charge in [0.15, 0.2) is 0 Å². The first-order valence-corrected chi connectivity index (χ1v) is 7.30. The second kappa shape index (κ2) is 5.57. The maximum Gasteiger partial charge on any atom is 0.120 e. The summed E-state index contributed by atoms with van der Waals surface area (Å²) in [6.45, 7) is 0.660. The van der Waals surface area contributed by atoms with Crippen molar-refractivity contribution in [3.05, 3.63) is 60.3 Å². The molecule has 0 radical (unpaired) electrons. The third kappa shape index (κ3) is 2.44. The minimum absolute atomic E-state index is 0.660. The van der Waals surface area contributed by atoms with Gasteiger partial charge in [0.05, 0.1) is 13.7 Å². The minimum atomic E-state index is 0.660. The van der Waals surface area contributed by atoms with Crippen LogP contribution in [0.25, 0.3) is 11.3 Å². The number of aromatic nitrogens is 3. The summed E-state index contributed by atoms with van der Waals surface area (Å²) in [5.41, 5.74) is 3.91. The Morgan fingerprint density at radius 3 is 2.52 bits per heavy atom. The van der Waals surface area contributed by atoms with Crippen molar-refractivity contribution in [1.29, 1.82) is 0 Å². The van der Waals surface area contributed by atoms with E-state index in [0.29, 0.717) is 6.54 Å². The van der Waals surface area contributed by atoms with Gasteiger partial charge >= 0.3 is 0 Å². The molecule has 0 bridgehead atoms. The normalized spacial score (nSPS) is 13.0. The van der Waals surface area contributed by atoms with E-state index in [1.807, 2.05) is 54.6 Å². The van der Waals surface area contributed by atoms with Crippen molar-refractivity contribution in [2.24, 2.45) is 5.10 Å². The third-order valence-corrected chi connectivity index (χ3v) is 3.82. The van der Waals surface area contributed by atoms with Crippen molar-refractivity contribution in [1.82, 2.24) is 15.1 Å². The van der Waals surface area contributed by atoms with Gasteiger partial charge in [-0.1, -0.05) is 30.3 Å². The summed E-state index contributed by atoms with van der Waals surface area (Å²) in [6, 6.07) is 17.9. The molecule has 3 aromatic rings. The first kappa shape index (κ1) is 13.5. The Bertz CT molecular complexity index is 839. The number of rotatable bonds is 3. The highest BCUT2D eigenvalue weighted by atomic mass is 16.5. The third-order valence-electron chi connectivity index (χ3n) is 3.82. The topological polar surface area (TPSA) is 55.5 Å². The predicted octanol–water partition coefficient (Wildman–Crippen LogP) is 2.77. The van der Waals surface area contributed by atoms with E-state index in [2.05, 4.69) is 20.3 Å². The average Bonchev–Trinajstić information content (AvgIpc) is 3.05. The molecule has 0 spiro atoms. The lowest BCUT2D eigenvalue weighted by Gasteiger charge is -2.23. The maximum atomic E-state index is 5.20. The zero-order valence-electron chi connectivity index (χ0n) is 12.6. The number of benzene rings is 2. The van der Waals surface area contributed by atoms with Crippen molar-refractivity contribution in [3.8, 4) is 17.0 Å². The molecule has 23 heavy (non-hydrogen) atoms. The van der Waals surface area contributed by atoms with Crippen molar-refractivity contribution in [2.75, 3.05) is 12.0 Å². The molecule has 1 aliphatic heterocycles. The van der Waals surface area contributed by atoms with Crippen LogP contribution in [-0.2, 0) is 6.54 Å². The van der Waals surface area contributed by atoms with Crippen LogP contribution in [0.2, 0.25) is 0 Å². The van der Waals surface area contributed by atoms with Gasteiger partial charge in [-0.05, 0) is 29.5 Å². The maximum absolute atomic E-state index is 5.20. The number of nitrogens with zero attached hydrogens (tertiary/aromatic N) is 5. The van der Waals surface area contributed by atoms with E-state index in [9.17, 15) is 0 Å². The van der Waals surface area contributed by atoms with Gasteiger partial charge in [-0.2, -0.15) is 0 Å². The molecule has 1 aliphatic rings. The number of anilines is 1. The van der Waals surface area contributed by atoms with E-state index in [1.54, 1.807) is 18.2 Å². The molecular formula is C17H15N5O. The Kier molecular flexibility index (Phi) is 3.27. The summed E-state index contributed by atoms with van der Waals surface area (Å²) in [7, 11) is 1.66. The Morgan fingerprint density at radius 1 is 1.00 bits per heavy atom. The fourth-order valence-corrected chi connectivity index (χ4v) is 2.59. The van der Waals surface area contributed by atoms with E-state index in [4.69, 9.17) is 4.74 Å². The predicted molar refractivity (Wildman–Crippen MR) is 88.5 cm³/mol. The molecule has 0 fully saturated rings. The quantitative estimate of drug-likeness (QED) is 0.746. The number of fused-ring (bicyclic) bond motifs is 1. The Morgan fingerprint density at radius 2 is 1.78 bits per heavy atom. The molecule has 114 valence electrons. The van der Waals surface area contributed by atoms with Crippen molar-refractivity contribution in [3.63, 3.8) is 0 Å². The summed E-state index contributed by atoms with van der Waals surface area (Å²) in [5.74, 6) is 0.833. The van der Waals surface area contributed by atoms with Gasteiger partial charge in [-0.25, -0.2) is 0 Å². The highest BCUT2D eigenvalue weighted by molar-refractivity contribution is 5.80. The summed E-state index contributed by atoms with van der Waals surface area (Å²) in [6.07, 6.45) is 1.76. The first-order chi connectivity index (χ1) is 11.3. The lowest BCUT2D eigenvalue weighted by molar-refractivity contribution is 0.415. The molecule has 6 nitrogen and oxygen atoms in total. The number of methoxy groups -OCH3 is 1. The SMILES string of the molecule is COc1ccc(N2C=Nn3nnc(-c4ccccc4)c3C2)cc1. The fourth-order valence-electron chi connectivity index (χ4n) is 2.59. The molecule has 6 heteroatoms. The smallest absolute Gasteiger partial charge is 0.120 e. The van der Waals surface area contributed by atoms with Crippen LogP contribution in [0.4, 0.5) is 5.69 Å². The van der Waals surface area contributed by atoms with Crippen LogP contribution in [0.3, 0.4) is 0 Å². The largest absolute Gasteiger partial charge is 0.497 e. The molecule has 0 N–H and O–H groups in total. The zero-order valence-corrected chi connectivity index (χ0v) is 12.6. The van der Waals surface area contributed by atoms with E-state index in [1.165, 1.54) is 0 Å². The molecule has 0 saturated carbocycles. The van der Waals surface area contributed by atoms with Crippen molar-refractivity contribution in [2.45, 2.75) is 6.54 Å². The lowest BCUT2D eigenvalue weighted by atomic mass is 10.1. The van der Waals surface area contributed by atoms with E-state index in [-0.39, 0.29) is 0 Å². The summed E-state index contributed by atoms with van der Waals surface area (Å²) in [5, 5.41) is 12.7. The molecule has 2 aromatic carbocycles. The molecule has 0 saturated heterocycles. The van der Waals surface area contributed by atoms with Gasteiger partial charge in [-0.15, -0.1) is 15.0 Å². The van der Waals surface area contributed by atoms with Crippen molar-refractivity contribution < 1.29 is 4.74 Å². The number of ether oxygens (including phenoxy) is 1. The van der Waals surface area contributed by atoms with Crippen LogP contribution in [0.5, 0.6) is 5.75 Å². The fraction of sp³-hybridized carbons (Fsp3) is 0.118. The van der Waals surface area contributed by atoms with E-state index in [0.717, 1.165) is 28.4 Å². The molecule has 0 aliphatic carbocycles. The van der Waals surface area contributed by atoms with Crippen molar-refractivity contribution >= 4 is 12.0 Å². The summed E-state index contributed by atoms with van der Waals surface area (Å²) < 4.78 is 5.20. The number of hydrogen-bond donors (Lipinski definition) is 0. The molecule has 0 atom stereocenters. The van der Waals surface area contributed by atoms with Crippen LogP contribution >= 0.6 is 0 Å². The van der Waals surface area contributed by atoms with Gasteiger partial charge in [0.1, 0.15) is 23.5 Å². The van der Waals surface area contributed by atoms with Crippen LogP contribution in [-0.4, -0.2) is 28.6 Å². The second-order valence-corrected chi connectivity index (χ2v) is 5.20. The molecule has 0 unspecified atom stereocenters. The van der Waals surface area contributed by atoms with E-state index < -0.39 is 0 Å². The Labute approximate surface area is 133 Å². The Hall–Kier alpha value is -3.15. The zero-order chi connectivity index (χ0) is 15.6. The van der Waals surface area contributed by atoms with Gasteiger partial charge in [0.2, 0.25) is 0 Å². The van der Waals surface area contributed by atoms with Gasteiger partial charge in [0.25, 0.3) is 0 Å². The van der Waals surface area contributed by atoms with Crippen LogP contribution in [0.15, 0.2) is 59.7 Å². The highest BCUT2D eigenvalue weighted by Gasteiger charge is 2.20. The van der Waals surface area contributed by atoms with Gasteiger partial charge < -0.3 is 9.64 Å². The molecule has 0 amide bonds. The minimum Gasteiger partial charge on any atom is -0.497 e. The van der Waals surface area contributed by atoms with Crippen LogP contribution in [0.1, 0.15) is 5.69 Å². The molecule has 2 heterocycles. The molecule has 4 rings (SSSR count). The van der Waals surface area contributed by atoms with Crippen LogP contribution < -0.4 is 9.64 Å².